The molecule has 2 aromatic rings. The van der Waals surface area contributed by atoms with Crippen LogP contribution in [0, 0.1) is 0 Å². The fraction of sp³-hybridized carbons (Fsp3) is 0.350. The van der Waals surface area contributed by atoms with Crippen LogP contribution < -0.4 is 9.47 Å². The number of hydrogen-bond donors (Lipinski definition) is 1. The van der Waals surface area contributed by atoms with Crippen LogP contribution in [-0.4, -0.2) is 41.7 Å². The third-order valence-electron chi connectivity index (χ3n) is 4.45. The van der Waals surface area contributed by atoms with Crippen molar-refractivity contribution in [1.82, 2.24) is 4.90 Å². The van der Waals surface area contributed by atoms with Gasteiger partial charge in [-0.15, -0.1) is 0 Å². The van der Waals surface area contributed by atoms with Gasteiger partial charge in [-0.25, -0.2) is 0 Å². The highest BCUT2D eigenvalue weighted by molar-refractivity contribution is 5.78. The standard InChI is InChI=1S/C20H20F3NO4/c21-20(22,23)17-3-1-2-4-18(17)28-16-9-10-24(11-16)19(26)13-27-15-7-5-14(12-25)6-8-15/h1-8,16,25H,9-13H2. The Kier molecular flexibility index (Phi) is 6.08. The Hall–Kier alpha value is -2.74. The highest BCUT2D eigenvalue weighted by atomic mass is 19.4. The van der Waals surface area contributed by atoms with E-state index in [4.69, 9.17) is 14.6 Å². The zero-order chi connectivity index (χ0) is 20.1. The lowest BCUT2D eigenvalue weighted by Crippen LogP contribution is -2.34. The Bertz CT molecular complexity index is 808. The van der Waals surface area contributed by atoms with Gasteiger partial charge in [0.2, 0.25) is 0 Å². The highest BCUT2D eigenvalue weighted by Crippen LogP contribution is 2.36. The summed E-state index contributed by atoms with van der Waals surface area (Å²) in [7, 11) is 0. The van der Waals surface area contributed by atoms with Crippen LogP contribution in [0.1, 0.15) is 17.5 Å². The number of aliphatic hydroxyl groups is 1. The molecule has 8 heteroatoms. The smallest absolute Gasteiger partial charge is 0.419 e. The molecule has 3 rings (SSSR count). The number of benzene rings is 2. The fourth-order valence-electron chi connectivity index (χ4n) is 2.96. The van der Waals surface area contributed by atoms with E-state index in [1.54, 1.807) is 24.3 Å². The summed E-state index contributed by atoms with van der Waals surface area (Å²) in [6.45, 7) is 0.346. The molecule has 0 bridgehead atoms. The van der Waals surface area contributed by atoms with Gasteiger partial charge < -0.3 is 19.5 Å². The molecule has 1 fully saturated rings. The summed E-state index contributed by atoms with van der Waals surface area (Å²) in [5.74, 6) is 0.00705. The number of para-hydroxylation sites is 1. The van der Waals surface area contributed by atoms with Crippen LogP contribution in [0.15, 0.2) is 48.5 Å². The first-order valence-corrected chi connectivity index (χ1v) is 8.80. The lowest BCUT2D eigenvalue weighted by Gasteiger charge is -2.19. The maximum Gasteiger partial charge on any atom is 0.419 e. The van der Waals surface area contributed by atoms with Crippen LogP contribution in [0.5, 0.6) is 11.5 Å². The molecule has 2 aromatic carbocycles. The number of rotatable bonds is 6. The number of carbonyl (C=O) groups excluding carboxylic acids is 1. The number of hydrogen-bond acceptors (Lipinski definition) is 4. The molecule has 0 radical (unpaired) electrons. The number of aliphatic hydroxyl groups excluding tert-OH is 1. The fourth-order valence-corrected chi connectivity index (χ4v) is 2.96. The van der Waals surface area contributed by atoms with E-state index in [2.05, 4.69) is 0 Å². The lowest BCUT2D eigenvalue weighted by molar-refractivity contribution is -0.139. The van der Waals surface area contributed by atoms with Crippen LogP contribution in [0.4, 0.5) is 13.2 Å². The molecule has 1 saturated heterocycles. The summed E-state index contributed by atoms with van der Waals surface area (Å²) in [4.78, 5) is 13.8. The minimum absolute atomic E-state index is 0.0775. The third kappa shape index (κ3) is 4.95. The van der Waals surface area contributed by atoms with Gasteiger partial charge in [-0.1, -0.05) is 24.3 Å². The van der Waals surface area contributed by atoms with E-state index < -0.39 is 17.8 Å². The van der Waals surface area contributed by atoms with Gasteiger partial charge in [-0.05, 0) is 29.8 Å². The first-order chi connectivity index (χ1) is 13.4. The van der Waals surface area contributed by atoms with Gasteiger partial charge in [0.25, 0.3) is 5.91 Å². The van der Waals surface area contributed by atoms with Gasteiger partial charge >= 0.3 is 6.18 Å². The minimum Gasteiger partial charge on any atom is -0.488 e. The second-order valence-corrected chi connectivity index (χ2v) is 6.45. The highest BCUT2D eigenvalue weighted by Gasteiger charge is 2.36. The average Bonchev–Trinajstić information content (AvgIpc) is 3.14. The van der Waals surface area contributed by atoms with Gasteiger partial charge in [0.15, 0.2) is 6.61 Å². The molecule has 1 unspecified atom stereocenters. The molecule has 1 aliphatic heterocycles. The Morgan fingerprint density at radius 2 is 1.86 bits per heavy atom. The van der Waals surface area contributed by atoms with Gasteiger partial charge in [-0.3, -0.25) is 4.79 Å². The lowest BCUT2D eigenvalue weighted by atomic mass is 10.2. The minimum atomic E-state index is -4.50. The van der Waals surface area contributed by atoms with Crippen molar-refractivity contribution in [2.24, 2.45) is 0 Å². The van der Waals surface area contributed by atoms with Crippen molar-refractivity contribution in [3.05, 3.63) is 59.7 Å². The zero-order valence-electron chi connectivity index (χ0n) is 15.0. The predicted molar refractivity (Wildman–Crippen MR) is 94.9 cm³/mol. The van der Waals surface area contributed by atoms with Crippen molar-refractivity contribution >= 4 is 5.91 Å². The molecule has 5 nitrogen and oxygen atoms in total. The van der Waals surface area contributed by atoms with Crippen molar-refractivity contribution in [2.45, 2.75) is 25.3 Å². The van der Waals surface area contributed by atoms with Gasteiger partial charge in [0.05, 0.1) is 18.7 Å². The van der Waals surface area contributed by atoms with Crippen LogP contribution in [0.2, 0.25) is 0 Å². The van der Waals surface area contributed by atoms with Crippen molar-refractivity contribution in [3.63, 3.8) is 0 Å². The van der Waals surface area contributed by atoms with Gasteiger partial charge in [0.1, 0.15) is 17.6 Å². The van der Waals surface area contributed by atoms with E-state index in [9.17, 15) is 18.0 Å². The van der Waals surface area contributed by atoms with E-state index in [0.29, 0.717) is 18.7 Å². The average molecular weight is 395 g/mol. The maximum atomic E-state index is 13.1. The van der Waals surface area contributed by atoms with Crippen LogP contribution in [-0.2, 0) is 17.6 Å². The summed E-state index contributed by atoms with van der Waals surface area (Å²) < 4.78 is 50.1. The molecule has 0 saturated carbocycles. The molecule has 1 amide bonds. The Morgan fingerprint density at radius 1 is 1.14 bits per heavy atom. The largest absolute Gasteiger partial charge is 0.488 e. The van der Waals surface area contributed by atoms with Crippen LogP contribution in [0.3, 0.4) is 0 Å². The van der Waals surface area contributed by atoms with Crippen molar-refractivity contribution in [3.8, 4) is 11.5 Å². The summed E-state index contributed by atoms with van der Waals surface area (Å²) in [5.41, 5.74) is -0.0909. The molecule has 0 aromatic heterocycles. The van der Waals surface area contributed by atoms with Crippen molar-refractivity contribution in [1.29, 1.82) is 0 Å². The second kappa shape index (κ2) is 8.52. The van der Waals surface area contributed by atoms with E-state index in [0.717, 1.165) is 11.6 Å². The molecular formula is C20H20F3NO4. The molecule has 0 aliphatic carbocycles. The first-order valence-electron chi connectivity index (χ1n) is 8.80. The van der Waals surface area contributed by atoms with E-state index in [1.807, 2.05) is 0 Å². The van der Waals surface area contributed by atoms with E-state index in [1.165, 1.54) is 23.1 Å². The molecule has 0 spiro atoms. The summed E-state index contributed by atoms with van der Waals surface area (Å²) in [5, 5.41) is 9.01. The van der Waals surface area contributed by atoms with E-state index >= 15 is 0 Å². The number of likely N-dealkylation sites (tertiary alicyclic amines) is 1. The zero-order valence-corrected chi connectivity index (χ0v) is 15.0. The SMILES string of the molecule is O=C(COc1ccc(CO)cc1)N1CCC(Oc2ccccc2C(F)(F)F)C1. The summed E-state index contributed by atoms with van der Waals surface area (Å²) in [6.07, 6.45) is -4.55. The summed E-state index contributed by atoms with van der Waals surface area (Å²) in [6, 6.07) is 11.7. The third-order valence-corrected chi connectivity index (χ3v) is 4.45. The predicted octanol–water partition coefficient (Wildman–Crippen LogP) is 3.26. The Morgan fingerprint density at radius 3 is 2.54 bits per heavy atom. The first kappa shape index (κ1) is 20.0. The maximum absolute atomic E-state index is 13.1. The monoisotopic (exact) mass is 395 g/mol. The molecule has 1 N–H and O–H groups in total. The van der Waals surface area contributed by atoms with Gasteiger partial charge in [0, 0.05) is 13.0 Å². The number of alkyl halides is 3. The number of amides is 1. The van der Waals surface area contributed by atoms with Crippen molar-refractivity contribution < 1.29 is 32.5 Å². The topological polar surface area (TPSA) is 59.0 Å². The molecule has 1 aliphatic rings. The second-order valence-electron chi connectivity index (χ2n) is 6.45. The van der Waals surface area contributed by atoms with E-state index in [-0.39, 0.29) is 31.4 Å². The quantitative estimate of drug-likeness (QED) is 0.816. The Labute approximate surface area is 160 Å². The molecule has 1 atom stereocenters. The van der Waals surface area contributed by atoms with Crippen LogP contribution >= 0.6 is 0 Å². The summed E-state index contributed by atoms with van der Waals surface area (Å²) >= 11 is 0. The normalized spacial score (nSPS) is 16.9. The van der Waals surface area contributed by atoms with Crippen molar-refractivity contribution in [2.75, 3.05) is 19.7 Å². The Balaban J connectivity index is 1.53. The number of carbonyl (C=O) groups is 1. The number of nitrogens with zero attached hydrogens (tertiary/aromatic N) is 1. The molecular weight excluding hydrogens is 375 g/mol. The molecule has 1 heterocycles. The number of halogens is 3. The van der Waals surface area contributed by atoms with Crippen LogP contribution in [0.25, 0.3) is 0 Å². The number of ether oxygens (including phenoxy) is 2. The molecule has 28 heavy (non-hydrogen) atoms. The molecule has 150 valence electrons. The van der Waals surface area contributed by atoms with Gasteiger partial charge in [-0.2, -0.15) is 13.2 Å².